The fourth-order valence-corrected chi connectivity index (χ4v) is 3.89. The van der Waals surface area contributed by atoms with Gasteiger partial charge in [-0.05, 0) is 55.5 Å². The van der Waals surface area contributed by atoms with E-state index in [1.165, 1.54) is 12.0 Å². The number of hydrogen-bond acceptors (Lipinski definition) is 4. The molecule has 2 aliphatic rings. The van der Waals surface area contributed by atoms with Crippen LogP contribution >= 0.6 is 0 Å². The van der Waals surface area contributed by atoms with E-state index in [0.717, 1.165) is 62.1 Å². The minimum absolute atomic E-state index is 0.274. The first-order valence-corrected chi connectivity index (χ1v) is 9.56. The van der Waals surface area contributed by atoms with Crippen molar-refractivity contribution in [1.29, 1.82) is 0 Å². The average Bonchev–Trinajstić information content (AvgIpc) is 2.55. The Labute approximate surface area is 153 Å². The van der Waals surface area contributed by atoms with Gasteiger partial charge < -0.3 is 9.32 Å². The molecule has 0 N–H and O–H groups in total. The van der Waals surface area contributed by atoms with Gasteiger partial charge in [0.15, 0.2) is 0 Å². The molecule has 5 nitrogen and oxygen atoms in total. The van der Waals surface area contributed by atoms with Crippen molar-refractivity contribution in [2.45, 2.75) is 39.7 Å². The first-order chi connectivity index (χ1) is 12.5. The molecule has 138 valence electrons. The van der Waals surface area contributed by atoms with Gasteiger partial charge >= 0.3 is 5.63 Å². The molecule has 1 amide bonds. The number of fused-ring (bicyclic) bond motifs is 1. The molecule has 1 saturated heterocycles. The SMILES string of the molecule is Cc1cc2oc(=O)cc(CN3CCN(C(=O)C4CCC4)CC3)c2cc1C. The average molecular weight is 354 g/mol. The van der Waals surface area contributed by atoms with Gasteiger partial charge in [0.2, 0.25) is 5.91 Å². The Morgan fingerprint density at radius 2 is 1.77 bits per heavy atom. The van der Waals surface area contributed by atoms with Crippen molar-refractivity contribution < 1.29 is 9.21 Å². The van der Waals surface area contributed by atoms with Crippen LogP contribution in [0, 0.1) is 19.8 Å². The van der Waals surface area contributed by atoms with Crippen molar-refractivity contribution in [2.75, 3.05) is 26.2 Å². The molecular formula is C21H26N2O3. The Morgan fingerprint density at radius 3 is 2.42 bits per heavy atom. The molecule has 2 aromatic rings. The minimum Gasteiger partial charge on any atom is -0.423 e. The molecule has 5 heteroatoms. The maximum atomic E-state index is 12.4. The van der Waals surface area contributed by atoms with Crippen LogP contribution in [0.25, 0.3) is 11.0 Å². The third-order valence-corrected chi connectivity index (χ3v) is 5.98. The summed E-state index contributed by atoms with van der Waals surface area (Å²) in [5, 5.41) is 1.01. The molecule has 4 rings (SSSR count). The third kappa shape index (κ3) is 3.28. The Bertz CT molecular complexity index is 890. The monoisotopic (exact) mass is 354 g/mol. The first kappa shape index (κ1) is 17.3. The zero-order valence-electron chi connectivity index (χ0n) is 15.6. The highest BCUT2D eigenvalue weighted by molar-refractivity contribution is 5.82. The second kappa shape index (κ2) is 6.88. The molecule has 1 saturated carbocycles. The summed E-state index contributed by atoms with van der Waals surface area (Å²) in [5.74, 6) is 0.614. The number of nitrogens with zero attached hydrogens (tertiary/aromatic N) is 2. The van der Waals surface area contributed by atoms with E-state index in [1.807, 2.05) is 17.9 Å². The summed E-state index contributed by atoms with van der Waals surface area (Å²) in [5.41, 5.74) is 3.70. The van der Waals surface area contributed by atoms with Crippen molar-refractivity contribution in [3.8, 4) is 0 Å². The molecule has 2 heterocycles. The zero-order valence-corrected chi connectivity index (χ0v) is 15.6. The van der Waals surface area contributed by atoms with Crippen LogP contribution in [-0.4, -0.2) is 41.9 Å². The lowest BCUT2D eigenvalue weighted by molar-refractivity contribution is -0.140. The van der Waals surface area contributed by atoms with Crippen LogP contribution in [0.2, 0.25) is 0 Å². The van der Waals surface area contributed by atoms with Crippen LogP contribution in [0.5, 0.6) is 0 Å². The van der Waals surface area contributed by atoms with Gasteiger partial charge in [0, 0.05) is 50.1 Å². The number of carbonyl (C=O) groups excluding carboxylic acids is 1. The number of aryl methyl sites for hydroxylation is 2. The van der Waals surface area contributed by atoms with E-state index in [9.17, 15) is 9.59 Å². The topological polar surface area (TPSA) is 53.8 Å². The quantitative estimate of drug-likeness (QED) is 0.796. The smallest absolute Gasteiger partial charge is 0.336 e. The van der Waals surface area contributed by atoms with Gasteiger partial charge in [-0.1, -0.05) is 6.42 Å². The normalized spacial score (nSPS) is 18.9. The lowest BCUT2D eigenvalue weighted by Gasteiger charge is -2.38. The lowest BCUT2D eigenvalue weighted by Crippen LogP contribution is -2.50. The van der Waals surface area contributed by atoms with Gasteiger partial charge in [-0.2, -0.15) is 0 Å². The number of rotatable bonds is 3. The van der Waals surface area contributed by atoms with Gasteiger partial charge in [-0.15, -0.1) is 0 Å². The molecule has 0 radical (unpaired) electrons. The van der Waals surface area contributed by atoms with E-state index in [2.05, 4.69) is 17.9 Å². The predicted octanol–water partition coefficient (Wildman–Crippen LogP) is 2.85. The third-order valence-electron chi connectivity index (χ3n) is 5.98. The Hall–Kier alpha value is -2.14. The molecular weight excluding hydrogens is 328 g/mol. The van der Waals surface area contributed by atoms with Crippen LogP contribution in [0.4, 0.5) is 0 Å². The number of benzene rings is 1. The summed E-state index contributed by atoms with van der Waals surface area (Å²) in [6.45, 7) is 8.10. The molecule has 0 spiro atoms. The number of piperazine rings is 1. The molecule has 0 bridgehead atoms. The van der Waals surface area contributed by atoms with Gasteiger partial charge in [-0.3, -0.25) is 9.69 Å². The summed E-state index contributed by atoms with van der Waals surface area (Å²) < 4.78 is 5.39. The molecule has 1 aliphatic carbocycles. The fourth-order valence-electron chi connectivity index (χ4n) is 3.89. The van der Waals surface area contributed by atoms with Crippen LogP contribution in [0.3, 0.4) is 0 Å². The van der Waals surface area contributed by atoms with E-state index in [4.69, 9.17) is 4.42 Å². The molecule has 0 unspecified atom stereocenters. The highest BCUT2D eigenvalue weighted by Gasteiger charge is 2.31. The standard InChI is InChI=1S/C21H26N2O3/c1-14-10-18-17(12-20(24)26-19(18)11-15(14)2)13-22-6-8-23(9-7-22)21(25)16-4-3-5-16/h10-12,16H,3-9,13H2,1-2H3. The molecule has 1 aliphatic heterocycles. The van der Waals surface area contributed by atoms with Gasteiger partial charge in [0.1, 0.15) is 5.58 Å². The van der Waals surface area contributed by atoms with Crippen molar-refractivity contribution in [3.05, 3.63) is 45.3 Å². The van der Waals surface area contributed by atoms with Gasteiger partial charge in [0.25, 0.3) is 0 Å². The van der Waals surface area contributed by atoms with E-state index in [0.29, 0.717) is 11.5 Å². The first-order valence-electron chi connectivity index (χ1n) is 9.56. The molecule has 0 atom stereocenters. The summed E-state index contributed by atoms with van der Waals surface area (Å²) in [6, 6.07) is 5.67. The second-order valence-corrected chi connectivity index (χ2v) is 7.75. The van der Waals surface area contributed by atoms with Crippen molar-refractivity contribution in [3.63, 3.8) is 0 Å². The van der Waals surface area contributed by atoms with E-state index >= 15 is 0 Å². The van der Waals surface area contributed by atoms with Crippen LogP contribution in [0.15, 0.2) is 27.4 Å². The molecule has 1 aromatic carbocycles. The molecule has 26 heavy (non-hydrogen) atoms. The van der Waals surface area contributed by atoms with Gasteiger partial charge in [-0.25, -0.2) is 4.79 Å². The minimum atomic E-state index is -0.297. The van der Waals surface area contributed by atoms with Gasteiger partial charge in [0.05, 0.1) is 0 Å². The van der Waals surface area contributed by atoms with Crippen LogP contribution < -0.4 is 5.63 Å². The number of amides is 1. The van der Waals surface area contributed by atoms with Crippen molar-refractivity contribution in [1.82, 2.24) is 9.80 Å². The molecule has 1 aromatic heterocycles. The number of hydrogen-bond donors (Lipinski definition) is 0. The van der Waals surface area contributed by atoms with E-state index in [1.54, 1.807) is 6.07 Å². The maximum Gasteiger partial charge on any atom is 0.336 e. The summed E-state index contributed by atoms with van der Waals surface area (Å²) in [4.78, 5) is 28.7. The van der Waals surface area contributed by atoms with Crippen molar-refractivity contribution in [2.24, 2.45) is 5.92 Å². The Kier molecular flexibility index (Phi) is 4.57. The van der Waals surface area contributed by atoms with Crippen LogP contribution in [0.1, 0.15) is 36.0 Å². The van der Waals surface area contributed by atoms with E-state index < -0.39 is 0 Å². The lowest BCUT2D eigenvalue weighted by atomic mass is 9.84. The summed E-state index contributed by atoms with van der Waals surface area (Å²) >= 11 is 0. The second-order valence-electron chi connectivity index (χ2n) is 7.75. The largest absolute Gasteiger partial charge is 0.423 e. The predicted molar refractivity (Wildman–Crippen MR) is 101 cm³/mol. The highest BCUT2D eigenvalue weighted by Crippen LogP contribution is 2.29. The summed E-state index contributed by atoms with van der Waals surface area (Å²) in [7, 11) is 0. The molecule has 2 fully saturated rings. The van der Waals surface area contributed by atoms with E-state index in [-0.39, 0.29) is 11.5 Å². The Balaban J connectivity index is 1.49. The maximum absolute atomic E-state index is 12.4. The number of carbonyl (C=O) groups is 1. The van der Waals surface area contributed by atoms with Crippen LogP contribution in [-0.2, 0) is 11.3 Å². The Morgan fingerprint density at radius 1 is 1.08 bits per heavy atom. The fraction of sp³-hybridized carbons (Fsp3) is 0.524. The highest BCUT2D eigenvalue weighted by atomic mass is 16.4. The summed E-state index contributed by atoms with van der Waals surface area (Å²) in [6.07, 6.45) is 3.31. The zero-order chi connectivity index (χ0) is 18.3. The van der Waals surface area contributed by atoms with Crippen molar-refractivity contribution >= 4 is 16.9 Å².